The molecule has 0 aliphatic rings. The summed E-state index contributed by atoms with van der Waals surface area (Å²) in [5.74, 6) is 0. The van der Waals surface area contributed by atoms with Crippen LogP contribution in [-0.2, 0) is 0 Å². The van der Waals surface area contributed by atoms with Crippen LogP contribution in [0.4, 0.5) is 22.7 Å². The fourth-order valence-electron chi connectivity index (χ4n) is 2.12. The second kappa shape index (κ2) is 8.78. The Morgan fingerprint density at radius 3 is 1.54 bits per heavy atom. The summed E-state index contributed by atoms with van der Waals surface area (Å²) < 4.78 is 0. The normalized spacial score (nSPS) is 11.0. The fraction of sp³-hybridized carbons (Fsp3) is 0.100. The molecule has 0 saturated heterocycles. The Balaban J connectivity index is 1.57. The highest BCUT2D eigenvalue weighted by atomic mass is 33.1. The van der Waals surface area contributed by atoms with Gasteiger partial charge in [0.15, 0.2) is 0 Å². The Hall–Kier alpha value is -2.44. The summed E-state index contributed by atoms with van der Waals surface area (Å²) in [5, 5.41) is 8.59. The maximum absolute atomic E-state index is 5.70. The standard InChI is InChI=1S/C20H20N4S2/c1-24(2)18-9-5-16(6-10-18)22-23-17-7-13-20(14-8-17)26-25-19-11-3-15(21)4-12-19/h3-14H,21H2,1-2H3. The van der Waals surface area contributed by atoms with E-state index < -0.39 is 0 Å². The van der Waals surface area contributed by atoms with E-state index in [1.807, 2.05) is 74.8 Å². The number of hydrogen-bond acceptors (Lipinski definition) is 6. The molecule has 0 radical (unpaired) electrons. The van der Waals surface area contributed by atoms with E-state index in [0.29, 0.717) is 0 Å². The van der Waals surface area contributed by atoms with Gasteiger partial charge in [0.1, 0.15) is 0 Å². The largest absolute Gasteiger partial charge is 0.399 e. The van der Waals surface area contributed by atoms with Crippen LogP contribution >= 0.6 is 21.6 Å². The lowest BCUT2D eigenvalue weighted by Crippen LogP contribution is -2.07. The minimum Gasteiger partial charge on any atom is -0.399 e. The minimum absolute atomic E-state index is 0.783. The topological polar surface area (TPSA) is 54.0 Å². The lowest BCUT2D eigenvalue weighted by atomic mass is 10.3. The van der Waals surface area contributed by atoms with E-state index in [4.69, 9.17) is 5.73 Å². The molecule has 6 heteroatoms. The van der Waals surface area contributed by atoms with Gasteiger partial charge in [-0.05, 0) is 72.8 Å². The first-order chi connectivity index (χ1) is 12.6. The van der Waals surface area contributed by atoms with Crippen molar-refractivity contribution in [3.8, 4) is 0 Å². The average molecular weight is 381 g/mol. The third-order valence-electron chi connectivity index (χ3n) is 3.60. The Morgan fingerprint density at radius 2 is 1.08 bits per heavy atom. The third-order valence-corrected chi connectivity index (χ3v) is 6.02. The lowest BCUT2D eigenvalue weighted by molar-refractivity contribution is 1.13. The molecular formula is C20H20N4S2. The molecule has 2 N–H and O–H groups in total. The van der Waals surface area contributed by atoms with Gasteiger partial charge in [0.05, 0.1) is 11.4 Å². The van der Waals surface area contributed by atoms with Crippen molar-refractivity contribution in [3.05, 3.63) is 72.8 Å². The zero-order chi connectivity index (χ0) is 18.4. The van der Waals surface area contributed by atoms with E-state index in [2.05, 4.69) is 27.3 Å². The summed E-state index contributed by atoms with van der Waals surface area (Å²) in [7, 11) is 7.44. The van der Waals surface area contributed by atoms with Gasteiger partial charge in [0, 0.05) is 35.3 Å². The monoisotopic (exact) mass is 380 g/mol. The number of nitrogens with two attached hydrogens (primary N) is 1. The quantitative estimate of drug-likeness (QED) is 0.299. The van der Waals surface area contributed by atoms with Crippen LogP contribution in [0.15, 0.2) is 92.8 Å². The fourth-order valence-corrected chi connectivity index (χ4v) is 4.05. The number of anilines is 2. The third kappa shape index (κ3) is 5.28. The highest BCUT2D eigenvalue weighted by molar-refractivity contribution is 8.76. The van der Waals surface area contributed by atoms with E-state index in [-0.39, 0.29) is 0 Å². The molecule has 3 aromatic carbocycles. The zero-order valence-corrected chi connectivity index (χ0v) is 16.3. The molecule has 3 aromatic rings. The summed E-state index contributed by atoms with van der Waals surface area (Å²) >= 11 is 0. The molecule has 0 aliphatic heterocycles. The molecular weight excluding hydrogens is 360 g/mol. The van der Waals surface area contributed by atoms with E-state index in [0.717, 1.165) is 22.7 Å². The number of rotatable bonds is 6. The molecule has 0 heterocycles. The molecule has 0 bridgehead atoms. The van der Waals surface area contributed by atoms with Crippen LogP contribution in [0.3, 0.4) is 0 Å². The molecule has 132 valence electrons. The number of nitrogen functional groups attached to an aromatic ring is 1. The molecule has 0 atom stereocenters. The number of nitrogens with zero attached hydrogens (tertiary/aromatic N) is 3. The average Bonchev–Trinajstić information content (AvgIpc) is 2.67. The minimum atomic E-state index is 0.783. The summed E-state index contributed by atoms with van der Waals surface area (Å²) in [6, 6.07) is 23.9. The van der Waals surface area contributed by atoms with Gasteiger partial charge < -0.3 is 10.6 Å². The van der Waals surface area contributed by atoms with Gasteiger partial charge in [-0.15, -0.1) is 0 Å². The van der Waals surface area contributed by atoms with Crippen molar-refractivity contribution in [3.63, 3.8) is 0 Å². The van der Waals surface area contributed by atoms with Crippen molar-refractivity contribution in [1.29, 1.82) is 0 Å². The summed E-state index contributed by atoms with van der Waals surface area (Å²) in [6.45, 7) is 0. The first kappa shape index (κ1) is 18.4. The predicted molar refractivity (Wildman–Crippen MR) is 114 cm³/mol. The maximum Gasteiger partial charge on any atom is 0.0858 e. The number of hydrogen-bond donors (Lipinski definition) is 1. The molecule has 0 aromatic heterocycles. The zero-order valence-electron chi connectivity index (χ0n) is 14.7. The Bertz CT molecular complexity index is 858. The van der Waals surface area contributed by atoms with Gasteiger partial charge in [0.2, 0.25) is 0 Å². The van der Waals surface area contributed by atoms with Crippen LogP contribution in [0, 0.1) is 0 Å². The first-order valence-corrected chi connectivity index (χ1v) is 10.2. The SMILES string of the molecule is CN(C)c1ccc(N=Nc2ccc(SSc3ccc(N)cc3)cc2)cc1. The van der Waals surface area contributed by atoms with Gasteiger partial charge in [0.25, 0.3) is 0 Å². The van der Waals surface area contributed by atoms with Crippen molar-refractivity contribution in [2.24, 2.45) is 10.2 Å². The molecule has 3 rings (SSSR count). The van der Waals surface area contributed by atoms with Crippen molar-refractivity contribution >= 4 is 44.3 Å². The smallest absolute Gasteiger partial charge is 0.0858 e. The molecule has 0 unspecified atom stereocenters. The van der Waals surface area contributed by atoms with E-state index in [1.165, 1.54) is 9.79 Å². The summed E-state index contributed by atoms with van der Waals surface area (Å²) in [4.78, 5) is 4.40. The van der Waals surface area contributed by atoms with Gasteiger partial charge in [-0.2, -0.15) is 10.2 Å². The van der Waals surface area contributed by atoms with Crippen LogP contribution < -0.4 is 10.6 Å². The maximum atomic E-state index is 5.70. The molecule has 0 aliphatic carbocycles. The van der Waals surface area contributed by atoms with Crippen molar-refractivity contribution in [2.45, 2.75) is 9.79 Å². The van der Waals surface area contributed by atoms with E-state index in [9.17, 15) is 0 Å². The second-order valence-corrected chi connectivity index (χ2v) is 8.12. The van der Waals surface area contributed by atoms with Gasteiger partial charge in [-0.3, -0.25) is 0 Å². The second-order valence-electron chi connectivity index (χ2n) is 5.84. The molecule has 4 nitrogen and oxygen atoms in total. The van der Waals surface area contributed by atoms with Gasteiger partial charge in [-0.1, -0.05) is 21.6 Å². The first-order valence-electron chi connectivity index (χ1n) is 8.09. The van der Waals surface area contributed by atoms with Crippen LogP contribution in [0.25, 0.3) is 0 Å². The van der Waals surface area contributed by atoms with Gasteiger partial charge in [-0.25, -0.2) is 0 Å². The van der Waals surface area contributed by atoms with Gasteiger partial charge >= 0.3 is 0 Å². The van der Waals surface area contributed by atoms with Crippen LogP contribution in [0.1, 0.15) is 0 Å². The van der Waals surface area contributed by atoms with Crippen LogP contribution in [-0.4, -0.2) is 14.1 Å². The number of benzene rings is 3. The van der Waals surface area contributed by atoms with Crippen LogP contribution in [0.5, 0.6) is 0 Å². The molecule has 26 heavy (non-hydrogen) atoms. The molecule has 0 spiro atoms. The highest BCUT2D eigenvalue weighted by Gasteiger charge is 1.99. The van der Waals surface area contributed by atoms with Crippen molar-refractivity contribution in [1.82, 2.24) is 0 Å². The van der Waals surface area contributed by atoms with Crippen molar-refractivity contribution in [2.75, 3.05) is 24.7 Å². The number of azo groups is 1. The van der Waals surface area contributed by atoms with E-state index >= 15 is 0 Å². The lowest BCUT2D eigenvalue weighted by Gasteiger charge is -2.11. The Kier molecular flexibility index (Phi) is 6.20. The van der Waals surface area contributed by atoms with E-state index in [1.54, 1.807) is 21.6 Å². The highest BCUT2D eigenvalue weighted by Crippen LogP contribution is 2.38. The summed E-state index contributed by atoms with van der Waals surface area (Å²) in [6.07, 6.45) is 0. The summed E-state index contributed by atoms with van der Waals surface area (Å²) in [5.41, 5.74) is 9.31. The van der Waals surface area contributed by atoms with Crippen LogP contribution in [0.2, 0.25) is 0 Å². The molecule has 0 saturated carbocycles. The predicted octanol–water partition coefficient (Wildman–Crippen LogP) is 6.55. The molecule has 0 fully saturated rings. The Morgan fingerprint density at radius 1 is 0.654 bits per heavy atom. The van der Waals surface area contributed by atoms with Crippen molar-refractivity contribution < 1.29 is 0 Å². The molecule has 0 amide bonds. The Labute approximate surface area is 161 Å².